The summed E-state index contributed by atoms with van der Waals surface area (Å²) in [6.07, 6.45) is 8.26. The van der Waals surface area contributed by atoms with E-state index in [-0.39, 0.29) is 17.7 Å². The Labute approximate surface area is 125 Å². The highest BCUT2D eigenvalue weighted by Crippen LogP contribution is 2.21. The Balaban J connectivity index is 2.57. The molecule has 21 heavy (non-hydrogen) atoms. The summed E-state index contributed by atoms with van der Waals surface area (Å²) in [5.41, 5.74) is 1.03. The number of hydrogen-bond acceptors (Lipinski definition) is 4. The van der Waals surface area contributed by atoms with E-state index < -0.39 is 5.91 Å². The topological polar surface area (TPSA) is 83.6 Å². The molecule has 5 nitrogen and oxygen atoms in total. The summed E-state index contributed by atoms with van der Waals surface area (Å²) in [5, 5.41) is 10.1. The van der Waals surface area contributed by atoms with Gasteiger partial charge in [-0.05, 0) is 30.5 Å². The quantitative estimate of drug-likeness (QED) is 0.241. The van der Waals surface area contributed by atoms with E-state index in [1.54, 1.807) is 12.1 Å². The molecule has 0 atom stereocenters. The molecule has 0 aliphatic heterocycles. The molecule has 0 radical (unpaired) electrons. The third-order valence-corrected chi connectivity index (χ3v) is 3.46. The molecule has 3 N–H and O–H groups in total. The number of carbonyl (C=O) groups is 2. The number of amides is 2. The number of nitrogens with zero attached hydrogens (tertiary/aromatic N) is 1. The maximum Gasteiger partial charge on any atom is 0.278 e. The molecule has 0 saturated heterocycles. The molecular formula is C16H24N2O3. The lowest BCUT2D eigenvalue weighted by Crippen LogP contribution is -2.36. The van der Waals surface area contributed by atoms with Crippen LogP contribution in [-0.4, -0.2) is 22.4 Å². The summed E-state index contributed by atoms with van der Waals surface area (Å²) in [5.74, 6) is 4.38. The van der Waals surface area contributed by atoms with Crippen LogP contribution in [0.4, 0.5) is 0 Å². The third-order valence-electron chi connectivity index (χ3n) is 3.46. The van der Waals surface area contributed by atoms with Crippen molar-refractivity contribution in [1.29, 1.82) is 0 Å². The van der Waals surface area contributed by atoms with Gasteiger partial charge in [-0.1, -0.05) is 45.1 Å². The zero-order valence-corrected chi connectivity index (χ0v) is 12.5. The van der Waals surface area contributed by atoms with Crippen molar-refractivity contribution in [2.24, 2.45) is 5.84 Å². The molecule has 2 amide bonds. The van der Waals surface area contributed by atoms with Crippen LogP contribution in [0.15, 0.2) is 18.2 Å². The number of aromatic hydroxyl groups is 1. The van der Waals surface area contributed by atoms with Crippen LogP contribution in [-0.2, 0) is 11.2 Å². The molecule has 0 heterocycles. The standard InChI is InChI=1S/C16H24N2O3/c1-2-3-4-5-6-7-8-13-9-10-15(20)14(11-13)16(21)18(17)12-19/h9-12,20H,2-8,17H2,1H3. The molecule has 0 saturated carbocycles. The van der Waals surface area contributed by atoms with Gasteiger partial charge in [-0.3, -0.25) is 9.59 Å². The Morgan fingerprint density at radius 1 is 1.24 bits per heavy atom. The van der Waals surface area contributed by atoms with E-state index in [1.807, 2.05) is 0 Å². The molecule has 0 fully saturated rings. The second-order valence-corrected chi connectivity index (χ2v) is 5.19. The summed E-state index contributed by atoms with van der Waals surface area (Å²) in [7, 11) is 0. The first-order valence-electron chi connectivity index (χ1n) is 7.45. The van der Waals surface area contributed by atoms with Crippen LogP contribution in [0.2, 0.25) is 0 Å². The molecule has 0 unspecified atom stereocenters. The second kappa shape index (κ2) is 9.13. The first-order valence-corrected chi connectivity index (χ1v) is 7.45. The molecule has 0 spiro atoms. The normalized spacial score (nSPS) is 10.4. The van der Waals surface area contributed by atoms with Gasteiger partial charge < -0.3 is 5.11 Å². The lowest BCUT2D eigenvalue weighted by Gasteiger charge is -2.11. The number of hydrogen-bond donors (Lipinski definition) is 2. The minimum Gasteiger partial charge on any atom is -0.507 e. The third kappa shape index (κ3) is 5.55. The zero-order valence-electron chi connectivity index (χ0n) is 12.5. The van der Waals surface area contributed by atoms with E-state index in [2.05, 4.69) is 6.92 Å². The van der Waals surface area contributed by atoms with Crippen LogP contribution in [0.3, 0.4) is 0 Å². The SMILES string of the molecule is CCCCCCCCc1ccc(O)c(C(=O)N(N)C=O)c1. The first-order chi connectivity index (χ1) is 10.1. The van der Waals surface area contributed by atoms with Crippen molar-refractivity contribution < 1.29 is 14.7 Å². The van der Waals surface area contributed by atoms with Gasteiger partial charge in [-0.15, -0.1) is 0 Å². The van der Waals surface area contributed by atoms with E-state index >= 15 is 0 Å². The van der Waals surface area contributed by atoms with Gasteiger partial charge in [0.05, 0.1) is 5.56 Å². The summed E-state index contributed by atoms with van der Waals surface area (Å²) in [6, 6.07) is 4.87. The van der Waals surface area contributed by atoms with Gasteiger partial charge in [0.25, 0.3) is 5.91 Å². The van der Waals surface area contributed by atoms with E-state index in [4.69, 9.17) is 5.84 Å². The van der Waals surface area contributed by atoms with Gasteiger partial charge in [0.15, 0.2) is 0 Å². The minimum absolute atomic E-state index is 0.0630. The van der Waals surface area contributed by atoms with Gasteiger partial charge in [0, 0.05) is 0 Å². The van der Waals surface area contributed by atoms with E-state index in [0.717, 1.165) is 24.8 Å². The number of nitrogens with two attached hydrogens (primary N) is 1. The van der Waals surface area contributed by atoms with Crippen LogP contribution < -0.4 is 5.84 Å². The highest BCUT2D eigenvalue weighted by Gasteiger charge is 2.16. The van der Waals surface area contributed by atoms with Crippen molar-refractivity contribution in [3.8, 4) is 5.75 Å². The van der Waals surface area contributed by atoms with Gasteiger partial charge in [0.1, 0.15) is 5.75 Å². The van der Waals surface area contributed by atoms with Crippen molar-refractivity contribution >= 4 is 12.3 Å². The Morgan fingerprint density at radius 3 is 2.57 bits per heavy atom. The smallest absolute Gasteiger partial charge is 0.278 e. The number of benzene rings is 1. The van der Waals surface area contributed by atoms with Crippen LogP contribution in [0.25, 0.3) is 0 Å². The Bertz CT molecular complexity index is 475. The van der Waals surface area contributed by atoms with Crippen LogP contribution in [0.5, 0.6) is 5.75 Å². The van der Waals surface area contributed by atoms with Crippen molar-refractivity contribution in [2.75, 3.05) is 0 Å². The van der Waals surface area contributed by atoms with Crippen molar-refractivity contribution in [2.45, 2.75) is 51.9 Å². The minimum atomic E-state index is -0.702. The largest absolute Gasteiger partial charge is 0.507 e. The molecule has 0 aliphatic rings. The Morgan fingerprint density at radius 2 is 1.90 bits per heavy atom. The fourth-order valence-corrected chi connectivity index (χ4v) is 2.21. The number of carbonyl (C=O) groups excluding carboxylic acids is 2. The number of phenolic OH excluding ortho intramolecular Hbond substituents is 1. The number of phenols is 1. The predicted molar refractivity (Wildman–Crippen MR) is 81.6 cm³/mol. The second-order valence-electron chi connectivity index (χ2n) is 5.19. The maximum atomic E-state index is 11.8. The van der Waals surface area contributed by atoms with E-state index in [9.17, 15) is 14.7 Å². The number of unbranched alkanes of at least 4 members (excludes halogenated alkanes) is 5. The lowest BCUT2D eigenvalue weighted by molar-refractivity contribution is -0.116. The zero-order chi connectivity index (χ0) is 15.7. The van der Waals surface area contributed by atoms with Crippen LogP contribution >= 0.6 is 0 Å². The van der Waals surface area contributed by atoms with E-state index in [1.165, 1.54) is 31.7 Å². The molecule has 1 rings (SSSR count). The van der Waals surface area contributed by atoms with Crippen LogP contribution in [0.1, 0.15) is 61.4 Å². The average molecular weight is 292 g/mol. The highest BCUT2D eigenvalue weighted by atomic mass is 16.3. The molecule has 1 aromatic carbocycles. The Hall–Kier alpha value is -1.88. The van der Waals surface area contributed by atoms with Gasteiger partial charge in [-0.2, -0.15) is 0 Å². The number of aryl methyl sites for hydroxylation is 1. The van der Waals surface area contributed by atoms with Crippen molar-refractivity contribution in [1.82, 2.24) is 5.01 Å². The van der Waals surface area contributed by atoms with Crippen molar-refractivity contribution in [3.63, 3.8) is 0 Å². The number of hydrazine groups is 1. The fraction of sp³-hybridized carbons (Fsp3) is 0.500. The summed E-state index contributed by atoms with van der Waals surface area (Å²) in [6.45, 7) is 2.19. The molecule has 0 aromatic heterocycles. The predicted octanol–water partition coefficient (Wildman–Crippen LogP) is 2.77. The average Bonchev–Trinajstić information content (AvgIpc) is 2.50. The summed E-state index contributed by atoms with van der Waals surface area (Å²) in [4.78, 5) is 22.3. The maximum absolute atomic E-state index is 11.8. The number of imide groups is 1. The monoisotopic (exact) mass is 292 g/mol. The molecule has 0 aliphatic carbocycles. The van der Waals surface area contributed by atoms with Gasteiger partial charge in [-0.25, -0.2) is 10.9 Å². The highest BCUT2D eigenvalue weighted by molar-refractivity contribution is 6.01. The molecule has 5 heteroatoms. The molecule has 116 valence electrons. The molecule has 1 aromatic rings. The first kappa shape index (κ1) is 17.2. The lowest BCUT2D eigenvalue weighted by atomic mass is 10.0. The Kier molecular flexibility index (Phi) is 7.46. The summed E-state index contributed by atoms with van der Waals surface area (Å²) >= 11 is 0. The molecular weight excluding hydrogens is 268 g/mol. The van der Waals surface area contributed by atoms with Crippen LogP contribution in [0, 0.1) is 0 Å². The van der Waals surface area contributed by atoms with E-state index in [0.29, 0.717) is 5.01 Å². The van der Waals surface area contributed by atoms with Gasteiger partial charge in [0.2, 0.25) is 6.41 Å². The summed E-state index contributed by atoms with van der Waals surface area (Å²) < 4.78 is 0. The number of rotatable bonds is 9. The van der Waals surface area contributed by atoms with Gasteiger partial charge >= 0.3 is 0 Å². The fourth-order valence-electron chi connectivity index (χ4n) is 2.21. The van der Waals surface area contributed by atoms with Crippen molar-refractivity contribution in [3.05, 3.63) is 29.3 Å². The molecule has 0 bridgehead atoms.